The molecule has 1 unspecified atom stereocenters. The van der Waals surface area contributed by atoms with Gasteiger partial charge in [-0.3, -0.25) is 0 Å². The minimum Gasteiger partial charge on any atom is -0.490 e. The van der Waals surface area contributed by atoms with Gasteiger partial charge in [-0.2, -0.15) is 4.39 Å². The van der Waals surface area contributed by atoms with E-state index in [1.807, 2.05) is 6.92 Å². The summed E-state index contributed by atoms with van der Waals surface area (Å²) < 4.78 is 64.2. The van der Waals surface area contributed by atoms with Crippen LogP contribution in [0.4, 0.5) is 17.6 Å². The Bertz CT molecular complexity index is 1490. The maximum atomic E-state index is 14.9. The van der Waals surface area contributed by atoms with Crippen LogP contribution in [0.5, 0.6) is 5.75 Å². The average molecular weight is 547 g/mol. The van der Waals surface area contributed by atoms with Crippen molar-refractivity contribution in [1.82, 2.24) is 0 Å². The lowest BCUT2D eigenvalue weighted by atomic mass is 9.98. The molecule has 40 heavy (non-hydrogen) atoms. The van der Waals surface area contributed by atoms with Crippen LogP contribution in [0.1, 0.15) is 49.0 Å². The molecular weight excluding hydrogens is 516 g/mol. The van der Waals surface area contributed by atoms with Gasteiger partial charge in [0.15, 0.2) is 23.2 Å². The van der Waals surface area contributed by atoms with Crippen molar-refractivity contribution in [2.75, 3.05) is 6.61 Å². The van der Waals surface area contributed by atoms with E-state index in [9.17, 15) is 22.7 Å². The van der Waals surface area contributed by atoms with Crippen LogP contribution in [-0.4, -0.2) is 11.7 Å². The van der Waals surface area contributed by atoms with Crippen molar-refractivity contribution in [2.24, 2.45) is 0 Å². The van der Waals surface area contributed by atoms with Crippen molar-refractivity contribution in [1.29, 1.82) is 0 Å². The van der Waals surface area contributed by atoms with Gasteiger partial charge in [-0.25, -0.2) is 13.2 Å². The number of aliphatic hydroxyl groups excluding tert-OH is 1. The molecule has 1 N–H and O–H groups in total. The molecule has 0 aliphatic rings. The second-order valence-electron chi connectivity index (χ2n) is 9.38. The summed E-state index contributed by atoms with van der Waals surface area (Å²) in [7, 11) is 0. The predicted molar refractivity (Wildman–Crippen MR) is 153 cm³/mol. The van der Waals surface area contributed by atoms with E-state index >= 15 is 0 Å². The number of hydrogen-bond donors (Lipinski definition) is 1. The zero-order valence-electron chi connectivity index (χ0n) is 22.1. The van der Waals surface area contributed by atoms with Crippen LogP contribution in [0.3, 0.4) is 0 Å². The van der Waals surface area contributed by atoms with E-state index in [1.165, 1.54) is 30.3 Å². The molecule has 2 nitrogen and oxygen atoms in total. The second-order valence-corrected chi connectivity index (χ2v) is 9.38. The fourth-order valence-corrected chi connectivity index (χ4v) is 4.32. The second kappa shape index (κ2) is 13.3. The summed E-state index contributed by atoms with van der Waals surface area (Å²) in [4.78, 5) is 0. The monoisotopic (exact) mass is 546 g/mol. The molecule has 0 spiro atoms. The fraction of sp³-hybridized carbons (Fsp3) is 0.176. The smallest absolute Gasteiger partial charge is 0.201 e. The molecule has 0 radical (unpaired) electrons. The predicted octanol–water partition coefficient (Wildman–Crippen LogP) is 9.54. The number of halogens is 4. The van der Waals surface area contributed by atoms with Crippen LogP contribution in [0.15, 0.2) is 85.5 Å². The van der Waals surface area contributed by atoms with Gasteiger partial charge < -0.3 is 9.84 Å². The van der Waals surface area contributed by atoms with Crippen LogP contribution in [0.2, 0.25) is 0 Å². The van der Waals surface area contributed by atoms with E-state index in [0.717, 1.165) is 12.0 Å². The zero-order chi connectivity index (χ0) is 28.6. The van der Waals surface area contributed by atoms with Gasteiger partial charge in [0, 0.05) is 16.7 Å². The Labute approximate surface area is 231 Å². The Morgan fingerprint density at radius 1 is 0.750 bits per heavy atom. The summed E-state index contributed by atoms with van der Waals surface area (Å²) >= 11 is 0. The van der Waals surface area contributed by atoms with Crippen molar-refractivity contribution in [2.45, 2.75) is 32.3 Å². The molecule has 0 aliphatic carbocycles. The highest BCUT2D eigenvalue weighted by Crippen LogP contribution is 2.31. The Hall–Kier alpha value is -4.16. The number of benzene rings is 4. The van der Waals surface area contributed by atoms with Gasteiger partial charge in [0.2, 0.25) is 5.82 Å². The van der Waals surface area contributed by atoms with E-state index in [1.54, 1.807) is 60.7 Å². The van der Waals surface area contributed by atoms with Crippen molar-refractivity contribution >= 4 is 12.2 Å². The zero-order valence-corrected chi connectivity index (χ0v) is 22.1. The van der Waals surface area contributed by atoms with Crippen LogP contribution >= 0.6 is 0 Å². The summed E-state index contributed by atoms with van der Waals surface area (Å²) in [5.41, 5.74) is 2.65. The number of ether oxygens (including phenoxy) is 1. The third kappa shape index (κ3) is 6.52. The maximum Gasteiger partial charge on any atom is 0.201 e. The van der Waals surface area contributed by atoms with Crippen LogP contribution in [0.25, 0.3) is 34.4 Å². The fourth-order valence-electron chi connectivity index (χ4n) is 4.32. The van der Waals surface area contributed by atoms with Crippen LogP contribution in [-0.2, 0) is 0 Å². The van der Waals surface area contributed by atoms with Gasteiger partial charge in [-0.1, -0.05) is 92.2 Å². The molecule has 0 bridgehead atoms. The first-order chi connectivity index (χ1) is 19.3. The van der Waals surface area contributed by atoms with Gasteiger partial charge in [-0.05, 0) is 47.2 Å². The van der Waals surface area contributed by atoms with Gasteiger partial charge in [0.25, 0.3) is 0 Å². The van der Waals surface area contributed by atoms with E-state index in [4.69, 9.17) is 4.74 Å². The quantitative estimate of drug-likeness (QED) is 0.0879. The van der Waals surface area contributed by atoms with Gasteiger partial charge in [0.05, 0.1) is 12.7 Å². The summed E-state index contributed by atoms with van der Waals surface area (Å²) in [6.07, 6.45) is 6.07. The number of hydrogen-bond acceptors (Lipinski definition) is 2. The lowest BCUT2D eigenvalue weighted by Gasteiger charge is -2.11. The molecule has 6 heteroatoms. The van der Waals surface area contributed by atoms with Crippen LogP contribution < -0.4 is 4.74 Å². The molecule has 4 aromatic rings. The van der Waals surface area contributed by atoms with Crippen molar-refractivity contribution < 1.29 is 27.4 Å². The Morgan fingerprint density at radius 3 is 1.98 bits per heavy atom. The molecule has 0 heterocycles. The Kier molecular flexibility index (Phi) is 9.56. The first-order valence-electron chi connectivity index (χ1n) is 13.1. The van der Waals surface area contributed by atoms with Crippen molar-refractivity contribution in [3.05, 3.63) is 125 Å². The number of aliphatic hydroxyl groups is 1. The summed E-state index contributed by atoms with van der Waals surface area (Å²) in [6.45, 7) is 5.74. The van der Waals surface area contributed by atoms with Crippen LogP contribution in [0, 0.1) is 23.3 Å². The van der Waals surface area contributed by atoms with E-state index in [2.05, 4.69) is 6.58 Å². The van der Waals surface area contributed by atoms with Gasteiger partial charge in [-0.15, -0.1) is 6.58 Å². The maximum absolute atomic E-state index is 14.9. The minimum absolute atomic E-state index is 0.0699. The molecule has 1 atom stereocenters. The molecule has 0 aliphatic heterocycles. The van der Waals surface area contributed by atoms with E-state index in [0.29, 0.717) is 29.5 Å². The third-order valence-electron chi connectivity index (χ3n) is 6.58. The molecule has 0 aromatic heterocycles. The number of rotatable bonds is 11. The van der Waals surface area contributed by atoms with E-state index < -0.39 is 29.4 Å². The normalized spacial score (nSPS) is 12.1. The van der Waals surface area contributed by atoms with Crippen molar-refractivity contribution in [3.63, 3.8) is 0 Å². The van der Waals surface area contributed by atoms with Gasteiger partial charge >= 0.3 is 0 Å². The molecular formula is C34H30F4O2. The lowest BCUT2D eigenvalue weighted by Crippen LogP contribution is -2.00. The molecule has 4 rings (SSSR count). The summed E-state index contributed by atoms with van der Waals surface area (Å²) in [5.74, 6) is -4.17. The largest absolute Gasteiger partial charge is 0.490 e. The minimum atomic E-state index is -1.06. The van der Waals surface area contributed by atoms with Gasteiger partial charge in [0.1, 0.15) is 0 Å². The topological polar surface area (TPSA) is 29.5 Å². The standard InChI is InChI=1S/C34H30F4O2/c1-3-5-21-40-30-20-19-28(33(37)34(30)38)23-10-7-22(8-11-23)9-12-26-17-18-27(32(36)31(26)35)24-13-15-25(16-14-24)29(39)6-4-2/h3,7-20,29,39H,1,4-6,21H2,2H3/b12-9+. The Morgan fingerprint density at radius 2 is 1.35 bits per heavy atom. The summed E-state index contributed by atoms with van der Waals surface area (Å²) in [6, 6.07) is 19.2. The van der Waals surface area contributed by atoms with E-state index in [-0.39, 0.29) is 29.0 Å². The first-order valence-corrected chi connectivity index (χ1v) is 13.1. The molecule has 4 aromatic carbocycles. The van der Waals surface area contributed by atoms with Crippen molar-refractivity contribution in [3.8, 4) is 28.0 Å². The molecule has 0 fully saturated rings. The molecule has 0 saturated heterocycles. The highest BCUT2D eigenvalue weighted by atomic mass is 19.2. The first kappa shape index (κ1) is 28.8. The lowest BCUT2D eigenvalue weighted by molar-refractivity contribution is 0.166. The highest BCUT2D eigenvalue weighted by molar-refractivity contribution is 5.74. The third-order valence-corrected chi connectivity index (χ3v) is 6.58. The average Bonchev–Trinajstić information content (AvgIpc) is 2.97. The molecule has 0 amide bonds. The molecule has 206 valence electrons. The SMILES string of the molecule is C=CCCOc1ccc(-c2ccc(/C=C/c3ccc(-c4ccc(C(O)CCC)cc4)c(F)c3F)cc2)c(F)c1F. The Balaban J connectivity index is 1.49. The molecule has 0 saturated carbocycles. The highest BCUT2D eigenvalue weighted by Gasteiger charge is 2.16. The summed E-state index contributed by atoms with van der Waals surface area (Å²) in [5, 5.41) is 10.1.